The number of amides is 2. The first kappa shape index (κ1) is 20.9. The molecular formula is C23H26ClN7O. The first-order valence-electron chi connectivity index (χ1n) is 11.0. The molecule has 1 aromatic heterocycles. The van der Waals surface area contributed by atoms with E-state index in [1.165, 1.54) is 5.56 Å². The van der Waals surface area contributed by atoms with Crippen LogP contribution in [0.5, 0.6) is 0 Å². The van der Waals surface area contributed by atoms with Gasteiger partial charge in [0.2, 0.25) is 5.82 Å². The predicted molar refractivity (Wildman–Crippen MR) is 124 cm³/mol. The first-order valence-corrected chi connectivity index (χ1v) is 11.4. The zero-order valence-corrected chi connectivity index (χ0v) is 18.5. The van der Waals surface area contributed by atoms with E-state index in [0.29, 0.717) is 18.9 Å². The lowest BCUT2D eigenvalue weighted by Crippen LogP contribution is -2.46. The van der Waals surface area contributed by atoms with Crippen molar-refractivity contribution in [3.8, 4) is 11.4 Å². The van der Waals surface area contributed by atoms with Crippen molar-refractivity contribution in [3.63, 3.8) is 0 Å². The highest BCUT2D eigenvalue weighted by atomic mass is 35.5. The number of aromatic amines is 1. The van der Waals surface area contributed by atoms with Gasteiger partial charge in [-0.25, -0.2) is 4.79 Å². The van der Waals surface area contributed by atoms with Crippen LogP contribution < -0.4 is 10.6 Å². The summed E-state index contributed by atoms with van der Waals surface area (Å²) in [7, 11) is 0. The van der Waals surface area contributed by atoms with Crippen LogP contribution in [0.3, 0.4) is 0 Å². The Kier molecular flexibility index (Phi) is 5.57. The van der Waals surface area contributed by atoms with Gasteiger partial charge in [0.1, 0.15) is 0 Å². The van der Waals surface area contributed by atoms with E-state index in [1.807, 2.05) is 52.3 Å². The van der Waals surface area contributed by atoms with Crippen molar-refractivity contribution in [1.29, 1.82) is 0 Å². The van der Waals surface area contributed by atoms with Gasteiger partial charge >= 0.3 is 6.03 Å². The van der Waals surface area contributed by atoms with Crippen LogP contribution in [-0.2, 0) is 5.41 Å². The zero-order valence-electron chi connectivity index (χ0n) is 17.7. The summed E-state index contributed by atoms with van der Waals surface area (Å²) in [5, 5.41) is 14.9. The summed E-state index contributed by atoms with van der Waals surface area (Å²) in [6, 6.07) is 16.0. The second-order valence-electron chi connectivity index (χ2n) is 8.64. The monoisotopic (exact) mass is 451 g/mol. The number of tetrazole rings is 1. The van der Waals surface area contributed by atoms with E-state index in [9.17, 15) is 4.79 Å². The highest BCUT2D eigenvalue weighted by Gasteiger charge is 2.41. The van der Waals surface area contributed by atoms with Crippen molar-refractivity contribution in [3.05, 3.63) is 59.1 Å². The van der Waals surface area contributed by atoms with Crippen molar-refractivity contribution in [1.82, 2.24) is 25.5 Å². The molecule has 0 unspecified atom stereocenters. The van der Waals surface area contributed by atoms with Crippen LogP contribution in [-0.4, -0.2) is 57.2 Å². The van der Waals surface area contributed by atoms with Crippen LogP contribution in [0.25, 0.3) is 11.4 Å². The summed E-state index contributed by atoms with van der Waals surface area (Å²) >= 11 is 6.24. The number of nitrogens with one attached hydrogen (secondary N) is 1. The third kappa shape index (κ3) is 3.73. The largest absolute Gasteiger partial charge is 0.330 e. The van der Waals surface area contributed by atoms with Crippen LogP contribution in [0.1, 0.15) is 31.2 Å². The van der Waals surface area contributed by atoms with E-state index in [0.717, 1.165) is 48.5 Å². The van der Waals surface area contributed by atoms with Gasteiger partial charge in [-0.3, -0.25) is 4.90 Å². The van der Waals surface area contributed by atoms with Gasteiger partial charge in [-0.1, -0.05) is 35.9 Å². The van der Waals surface area contributed by atoms with Crippen LogP contribution in [0.15, 0.2) is 48.5 Å². The van der Waals surface area contributed by atoms with Gasteiger partial charge in [0.25, 0.3) is 0 Å². The average Bonchev–Trinajstić information content (AvgIpc) is 3.50. The minimum absolute atomic E-state index is 0.0586. The predicted octanol–water partition coefficient (Wildman–Crippen LogP) is 3.60. The van der Waals surface area contributed by atoms with E-state index < -0.39 is 0 Å². The Balaban J connectivity index is 1.29. The van der Waals surface area contributed by atoms with Gasteiger partial charge in [0.05, 0.1) is 0 Å². The van der Waals surface area contributed by atoms with E-state index in [4.69, 9.17) is 17.3 Å². The van der Waals surface area contributed by atoms with E-state index in [-0.39, 0.29) is 17.5 Å². The molecule has 2 aliphatic rings. The summed E-state index contributed by atoms with van der Waals surface area (Å²) in [5.41, 5.74) is 9.07. The molecule has 2 fully saturated rings. The number of benzene rings is 2. The summed E-state index contributed by atoms with van der Waals surface area (Å²) < 4.78 is 0. The maximum Gasteiger partial charge on any atom is 0.324 e. The van der Waals surface area contributed by atoms with Crippen molar-refractivity contribution in [2.24, 2.45) is 5.73 Å². The Morgan fingerprint density at radius 1 is 1.12 bits per heavy atom. The Morgan fingerprint density at radius 3 is 2.66 bits per heavy atom. The molecule has 32 heavy (non-hydrogen) atoms. The summed E-state index contributed by atoms with van der Waals surface area (Å²) in [6.45, 7) is 1.98. The number of nitrogens with zero attached hydrogens (tertiary/aromatic N) is 5. The number of carbonyl (C=O) groups excluding carboxylic acids is 1. The van der Waals surface area contributed by atoms with Crippen LogP contribution in [0.4, 0.5) is 10.5 Å². The molecule has 8 nitrogen and oxygen atoms in total. The lowest BCUT2D eigenvalue weighted by molar-refractivity contribution is 0.156. The third-order valence-electron chi connectivity index (χ3n) is 6.98. The van der Waals surface area contributed by atoms with Crippen LogP contribution in [0, 0.1) is 0 Å². The van der Waals surface area contributed by atoms with Crippen molar-refractivity contribution in [2.45, 2.75) is 37.1 Å². The quantitative estimate of drug-likeness (QED) is 0.616. The lowest BCUT2D eigenvalue weighted by Gasteiger charge is -2.42. The number of hydrogen-bond acceptors (Lipinski definition) is 5. The number of urea groups is 1. The fourth-order valence-corrected chi connectivity index (χ4v) is 5.32. The lowest BCUT2D eigenvalue weighted by atomic mass is 9.68. The molecule has 0 radical (unpaired) electrons. The Morgan fingerprint density at radius 2 is 1.94 bits per heavy atom. The highest BCUT2D eigenvalue weighted by Crippen LogP contribution is 2.41. The van der Waals surface area contributed by atoms with Gasteiger partial charge in [-0.05, 0) is 60.7 Å². The van der Waals surface area contributed by atoms with Gasteiger partial charge in [0, 0.05) is 47.4 Å². The first-order chi connectivity index (χ1) is 15.6. The van der Waals surface area contributed by atoms with Gasteiger partial charge in [-0.15, -0.1) is 10.2 Å². The number of halogens is 1. The van der Waals surface area contributed by atoms with Crippen molar-refractivity contribution in [2.75, 3.05) is 24.5 Å². The number of aromatic nitrogens is 4. The number of carbonyl (C=O) groups is 1. The van der Waals surface area contributed by atoms with Crippen molar-refractivity contribution < 1.29 is 4.79 Å². The molecule has 1 saturated heterocycles. The van der Waals surface area contributed by atoms with Crippen LogP contribution >= 0.6 is 11.6 Å². The topological polar surface area (TPSA) is 104 Å². The van der Waals surface area contributed by atoms with Gasteiger partial charge in [0.15, 0.2) is 0 Å². The van der Waals surface area contributed by atoms with Crippen LogP contribution in [0.2, 0.25) is 5.02 Å². The third-order valence-corrected chi connectivity index (χ3v) is 7.22. The number of H-pyrrole nitrogens is 1. The van der Waals surface area contributed by atoms with E-state index in [1.54, 1.807) is 0 Å². The average molecular weight is 452 g/mol. The molecule has 1 saturated carbocycles. The van der Waals surface area contributed by atoms with E-state index in [2.05, 4.69) is 26.7 Å². The Labute approximate surface area is 191 Å². The normalized spacial score (nSPS) is 23.7. The molecule has 2 aromatic carbocycles. The fraction of sp³-hybridized carbons (Fsp3) is 0.391. The van der Waals surface area contributed by atoms with E-state index >= 15 is 0 Å². The molecule has 5 rings (SSSR count). The molecule has 1 aliphatic carbocycles. The zero-order chi connectivity index (χ0) is 22.1. The number of nitrogens with two attached hydrogens (primary N) is 1. The number of rotatable bonds is 5. The standard InChI is InChI=1S/C23H26ClN7O/c24-18-5-2-4-17(14-18)23(15-25)9-7-19(8-10-23)30-11-12-31(22(30)32)20-6-1-3-16(13-20)21-26-28-29-27-21/h1-6,13-14,19H,7-12,15,25H2,(H,26,27,28,29). The second-order valence-corrected chi connectivity index (χ2v) is 9.08. The minimum atomic E-state index is -0.0667. The SMILES string of the molecule is NCC1(c2cccc(Cl)c2)CCC(N2CCN(c3cccc(-c4nn[nH]n4)c3)C2=O)CC1. The second kappa shape index (κ2) is 8.52. The molecule has 3 aromatic rings. The van der Waals surface area contributed by atoms with Gasteiger partial charge in [-0.2, -0.15) is 5.21 Å². The molecule has 166 valence electrons. The smallest absolute Gasteiger partial charge is 0.324 e. The van der Waals surface area contributed by atoms with Crippen molar-refractivity contribution >= 4 is 23.3 Å². The molecule has 3 N–H and O–H groups in total. The number of anilines is 1. The summed E-state index contributed by atoms with van der Waals surface area (Å²) in [6.07, 6.45) is 3.77. The molecule has 9 heteroatoms. The fourth-order valence-electron chi connectivity index (χ4n) is 5.13. The molecule has 0 spiro atoms. The summed E-state index contributed by atoms with van der Waals surface area (Å²) in [4.78, 5) is 17.2. The molecule has 1 aliphatic heterocycles. The number of hydrogen-bond donors (Lipinski definition) is 2. The van der Waals surface area contributed by atoms with Gasteiger partial charge < -0.3 is 10.6 Å². The molecule has 2 amide bonds. The maximum absolute atomic E-state index is 13.3. The maximum atomic E-state index is 13.3. The molecule has 0 bridgehead atoms. The summed E-state index contributed by atoms with van der Waals surface area (Å²) in [5.74, 6) is 0.516. The Bertz CT molecular complexity index is 1100. The molecule has 0 atom stereocenters. The minimum Gasteiger partial charge on any atom is -0.330 e. The molecular weight excluding hydrogens is 426 g/mol. The highest BCUT2D eigenvalue weighted by molar-refractivity contribution is 6.30. The Hall–Kier alpha value is -2.97. The molecule has 2 heterocycles.